The van der Waals surface area contributed by atoms with Crippen LogP contribution in [0.4, 0.5) is 0 Å². The van der Waals surface area contributed by atoms with Crippen LogP contribution in [0.3, 0.4) is 0 Å². The molecule has 0 fully saturated rings. The molecule has 5 rings (SSSR count). The van der Waals surface area contributed by atoms with Gasteiger partial charge in [-0.15, -0.1) is 11.3 Å². The summed E-state index contributed by atoms with van der Waals surface area (Å²) in [5.41, 5.74) is 1.74. The Bertz CT molecular complexity index is 1370. The smallest absolute Gasteiger partial charge is 0.262 e. The first kappa shape index (κ1) is 18.6. The molecule has 0 bridgehead atoms. The van der Waals surface area contributed by atoms with Gasteiger partial charge in [-0.05, 0) is 50.3 Å². The van der Waals surface area contributed by atoms with Crippen molar-refractivity contribution in [3.05, 3.63) is 61.2 Å². The molecule has 1 aromatic carbocycles. The standard InChI is InChI=1S/C21H20N4O2S2/c1-11(17-22-14-9-5-3-7-12(14)18(26)23-17)28-21-24-19-16(20(27)25(21)2)13-8-4-6-10-15(13)29-19/h3,5,7,9,11H,4,6,8,10H2,1-2H3,(H,22,23,26). The fourth-order valence-electron chi connectivity index (χ4n) is 3.88. The van der Waals surface area contributed by atoms with E-state index in [9.17, 15) is 9.59 Å². The average molecular weight is 425 g/mol. The molecule has 1 aliphatic rings. The Kier molecular flexibility index (Phi) is 4.55. The molecule has 29 heavy (non-hydrogen) atoms. The van der Waals surface area contributed by atoms with E-state index in [4.69, 9.17) is 4.98 Å². The van der Waals surface area contributed by atoms with Gasteiger partial charge in [0.15, 0.2) is 5.16 Å². The Morgan fingerprint density at radius 2 is 1.97 bits per heavy atom. The van der Waals surface area contributed by atoms with Gasteiger partial charge in [0.2, 0.25) is 0 Å². The first-order chi connectivity index (χ1) is 14.0. The average Bonchev–Trinajstić information content (AvgIpc) is 3.10. The Hall–Kier alpha value is -2.45. The number of para-hydroxylation sites is 1. The molecule has 0 saturated carbocycles. The SMILES string of the molecule is CC(Sc1nc2sc3c(c2c(=O)n1C)CCCC3)c1nc2ccccc2c(=O)[nH]1. The molecule has 0 spiro atoms. The third-order valence-corrected chi connectivity index (χ3v) is 7.79. The zero-order valence-electron chi connectivity index (χ0n) is 16.2. The number of aromatic amines is 1. The third kappa shape index (κ3) is 3.11. The number of aromatic nitrogens is 4. The summed E-state index contributed by atoms with van der Waals surface area (Å²) in [6, 6.07) is 7.29. The largest absolute Gasteiger partial charge is 0.309 e. The fraction of sp³-hybridized carbons (Fsp3) is 0.333. The summed E-state index contributed by atoms with van der Waals surface area (Å²) in [6.07, 6.45) is 4.33. The van der Waals surface area contributed by atoms with Crippen LogP contribution >= 0.6 is 23.1 Å². The highest BCUT2D eigenvalue weighted by Crippen LogP contribution is 2.36. The Labute approximate surface area is 175 Å². The predicted molar refractivity (Wildman–Crippen MR) is 118 cm³/mol. The number of hydrogen-bond acceptors (Lipinski definition) is 6. The van der Waals surface area contributed by atoms with Crippen molar-refractivity contribution in [2.75, 3.05) is 0 Å². The van der Waals surface area contributed by atoms with Gasteiger partial charge in [-0.2, -0.15) is 0 Å². The van der Waals surface area contributed by atoms with E-state index < -0.39 is 0 Å². The van der Waals surface area contributed by atoms with E-state index in [1.807, 2.05) is 25.1 Å². The number of hydrogen-bond donors (Lipinski definition) is 1. The maximum Gasteiger partial charge on any atom is 0.262 e. The topological polar surface area (TPSA) is 80.6 Å². The lowest BCUT2D eigenvalue weighted by Crippen LogP contribution is -2.21. The lowest BCUT2D eigenvalue weighted by atomic mass is 9.97. The molecule has 6 nitrogen and oxygen atoms in total. The van der Waals surface area contributed by atoms with Crippen LogP contribution in [0.5, 0.6) is 0 Å². The van der Waals surface area contributed by atoms with Crippen LogP contribution in [0.25, 0.3) is 21.1 Å². The summed E-state index contributed by atoms with van der Waals surface area (Å²) in [6.45, 7) is 1.97. The molecule has 1 unspecified atom stereocenters. The molecule has 1 N–H and O–H groups in total. The van der Waals surface area contributed by atoms with Crippen molar-refractivity contribution in [1.29, 1.82) is 0 Å². The minimum absolute atomic E-state index is 0.0177. The van der Waals surface area contributed by atoms with E-state index in [0.29, 0.717) is 21.9 Å². The lowest BCUT2D eigenvalue weighted by Gasteiger charge is -2.13. The zero-order valence-corrected chi connectivity index (χ0v) is 17.8. The Morgan fingerprint density at radius 3 is 2.83 bits per heavy atom. The summed E-state index contributed by atoms with van der Waals surface area (Å²) in [4.78, 5) is 39.9. The molecule has 8 heteroatoms. The first-order valence-corrected chi connectivity index (χ1v) is 11.4. The molecule has 3 heterocycles. The molecule has 0 aliphatic heterocycles. The van der Waals surface area contributed by atoms with Gasteiger partial charge in [0, 0.05) is 11.9 Å². The highest BCUT2D eigenvalue weighted by atomic mass is 32.2. The molecular weight excluding hydrogens is 404 g/mol. The van der Waals surface area contributed by atoms with Crippen LogP contribution in [0, 0.1) is 0 Å². The number of thioether (sulfide) groups is 1. The maximum absolute atomic E-state index is 13.1. The zero-order chi connectivity index (χ0) is 20.1. The molecule has 148 valence electrons. The highest BCUT2D eigenvalue weighted by molar-refractivity contribution is 7.99. The number of benzene rings is 1. The van der Waals surface area contributed by atoms with E-state index >= 15 is 0 Å². The van der Waals surface area contributed by atoms with Crippen molar-refractivity contribution >= 4 is 44.2 Å². The van der Waals surface area contributed by atoms with Crippen molar-refractivity contribution < 1.29 is 0 Å². The number of rotatable bonds is 3. The molecule has 1 atom stereocenters. The number of nitrogens with zero attached hydrogens (tertiary/aromatic N) is 3. The number of thiophene rings is 1. The summed E-state index contributed by atoms with van der Waals surface area (Å²) in [7, 11) is 1.77. The summed E-state index contributed by atoms with van der Waals surface area (Å²) in [5, 5.41) is 1.85. The Balaban J connectivity index is 1.56. The highest BCUT2D eigenvalue weighted by Gasteiger charge is 2.22. The van der Waals surface area contributed by atoms with E-state index in [1.165, 1.54) is 28.6 Å². The monoisotopic (exact) mass is 424 g/mol. The second-order valence-electron chi connectivity index (χ2n) is 7.38. The number of fused-ring (bicyclic) bond motifs is 4. The second kappa shape index (κ2) is 7.11. The minimum atomic E-state index is -0.155. The van der Waals surface area contributed by atoms with Crippen LogP contribution in [0.1, 0.15) is 41.3 Å². The van der Waals surface area contributed by atoms with Gasteiger partial charge in [0.05, 0.1) is 21.5 Å². The van der Waals surface area contributed by atoms with Crippen LogP contribution in [-0.2, 0) is 19.9 Å². The van der Waals surface area contributed by atoms with Gasteiger partial charge in [-0.1, -0.05) is 23.9 Å². The van der Waals surface area contributed by atoms with Crippen molar-refractivity contribution in [3.8, 4) is 0 Å². The summed E-state index contributed by atoms with van der Waals surface area (Å²) >= 11 is 3.09. The van der Waals surface area contributed by atoms with E-state index in [1.54, 1.807) is 29.0 Å². The van der Waals surface area contributed by atoms with Crippen molar-refractivity contribution in [2.45, 2.75) is 43.0 Å². The first-order valence-electron chi connectivity index (χ1n) is 9.70. The van der Waals surface area contributed by atoms with Gasteiger partial charge in [-0.25, -0.2) is 9.97 Å². The molecular formula is C21H20N4O2S2. The van der Waals surface area contributed by atoms with Gasteiger partial charge < -0.3 is 4.98 Å². The van der Waals surface area contributed by atoms with Gasteiger partial charge in [-0.3, -0.25) is 14.2 Å². The van der Waals surface area contributed by atoms with Crippen molar-refractivity contribution in [2.24, 2.45) is 7.05 Å². The van der Waals surface area contributed by atoms with Crippen LogP contribution < -0.4 is 11.1 Å². The van der Waals surface area contributed by atoms with Crippen LogP contribution in [-0.4, -0.2) is 19.5 Å². The number of nitrogens with one attached hydrogen (secondary N) is 1. The molecule has 1 aliphatic carbocycles. The molecule has 3 aromatic heterocycles. The van der Waals surface area contributed by atoms with Crippen LogP contribution in [0.15, 0.2) is 39.0 Å². The molecule has 0 amide bonds. The van der Waals surface area contributed by atoms with Gasteiger partial charge >= 0.3 is 0 Å². The fourth-order valence-corrected chi connectivity index (χ4v) is 6.12. The molecule has 0 radical (unpaired) electrons. The Morgan fingerprint density at radius 1 is 1.17 bits per heavy atom. The molecule has 4 aromatic rings. The van der Waals surface area contributed by atoms with Gasteiger partial charge in [0.1, 0.15) is 10.7 Å². The number of H-pyrrole nitrogens is 1. The summed E-state index contributed by atoms with van der Waals surface area (Å²) in [5.74, 6) is 0.582. The van der Waals surface area contributed by atoms with E-state index in [0.717, 1.165) is 29.5 Å². The van der Waals surface area contributed by atoms with Crippen molar-refractivity contribution in [1.82, 2.24) is 19.5 Å². The quantitative estimate of drug-likeness (QED) is 0.398. The van der Waals surface area contributed by atoms with Gasteiger partial charge in [0.25, 0.3) is 11.1 Å². The lowest BCUT2D eigenvalue weighted by molar-refractivity contribution is 0.694. The number of aryl methyl sites for hydroxylation is 2. The minimum Gasteiger partial charge on any atom is -0.309 e. The summed E-state index contributed by atoms with van der Waals surface area (Å²) < 4.78 is 1.63. The molecule has 0 saturated heterocycles. The van der Waals surface area contributed by atoms with E-state index in [2.05, 4.69) is 9.97 Å². The van der Waals surface area contributed by atoms with Crippen molar-refractivity contribution in [3.63, 3.8) is 0 Å². The van der Waals surface area contributed by atoms with E-state index in [-0.39, 0.29) is 16.4 Å². The van der Waals surface area contributed by atoms with Crippen LogP contribution in [0.2, 0.25) is 0 Å². The predicted octanol–water partition coefficient (Wildman–Crippen LogP) is 3.96. The third-order valence-electron chi connectivity index (χ3n) is 5.45. The maximum atomic E-state index is 13.1. The second-order valence-corrected chi connectivity index (χ2v) is 9.77. The normalized spacial score (nSPS) is 15.0.